The summed E-state index contributed by atoms with van der Waals surface area (Å²) in [6.45, 7) is 7.09. The molecule has 1 aliphatic heterocycles. The summed E-state index contributed by atoms with van der Waals surface area (Å²) in [5.74, 6) is 0.00401. The van der Waals surface area contributed by atoms with Crippen molar-refractivity contribution in [1.29, 1.82) is 0 Å². The highest BCUT2D eigenvalue weighted by molar-refractivity contribution is 5.73. The minimum absolute atomic E-state index is 0.409. The van der Waals surface area contributed by atoms with E-state index in [1.54, 1.807) is 0 Å². The molecule has 5 heteroatoms. The first-order valence-electron chi connectivity index (χ1n) is 7.36. The van der Waals surface area contributed by atoms with Crippen LogP contribution in [0.2, 0.25) is 0 Å². The second kappa shape index (κ2) is 8.51. The van der Waals surface area contributed by atoms with E-state index < -0.39 is 12.0 Å². The third-order valence-corrected chi connectivity index (χ3v) is 3.80. The van der Waals surface area contributed by atoms with Gasteiger partial charge in [0.1, 0.15) is 6.04 Å². The van der Waals surface area contributed by atoms with E-state index in [4.69, 9.17) is 5.11 Å². The van der Waals surface area contributed by atoms with Gasteiger partial charge in [0.25, 0.3) is 0 Å². The lowest BCUT2D eigenvalue weighted by Gasteiger charge is -2.23. The van der Waals surface area contributed by atoms with Gasteiger partial charge in [-0.15, -0.1) is 0 Å². The molecule has 0 aromatic carbocycles. The van der Waals surface area contributed by atoms with E-state index in [2.05, 4.69) is 36.1 Å². The standard InChI is InChI=1S/C14H29N3O2/c1-4-7-15-13(14(18)19)6-9-17(3)11-12-5-8-16(2)10-12/h12-13,15H,4-11H2,1-3H3,(H,18,19). The predicted octanol–water partition coefficient (Wildman–Crippen LogP) is 0.713. The molecule has 0 saturated carbocycles. The van der Waals surface area contributed by atoms with Gasteiger partial charge in [-0.1, -0.05) is 6.92 Å². The smallest absolute Gasteiger partial charge is 0.320 e. The molecule has 1 saturated heterocycles. The van der Waals surface area contributed by atoms with Gasteiger partial charge in [-0.3, -0.25) is 4.79 Å². The summed E-state index contributed by atoms with van der Waals surface area (Å²) in [4.78, 5) is 15.8. The largest absolute Gasteiger partial charge is 0.480 e. The number of nitrogens with zero attached hydrogens (tertiary/aromatic N) is 2. The molecule has 19 heavy (non-hydrogen) atoms. The molecule has 5 nitrogen and oxygen atoms in total. The average molecular weight is 271 g/mol. The molecule has 2 N–H and O–H groups in total. The quantitative estimate of drug-likeness (QED) is 0.647. The van der Waals surface area contributed by atoms with Crippen LogP contribution in [-0.4, -0.2) is 73.7 Å². The van der Waals surface area contributed by atoms with E-state index in [1.807, 2.05) is 0 Å². The summed E-state index contributed by atoms with van der Waals surface area (Å²) in [6, 6.07) is -0.409. The van der Waals surface area contributed by atoms with Crippen molar-refractivity contribution in [1.82, 2.24) is 15.1 Å². The van der Waals surface area contributed by atoms with Crippen molar-refractivity contribution in [3.05, 3.63) is 0 Å². The lowest BCUT2D eigenvalue weighted by atomic mass is 10.1. The van der Waals surface area contributed by atoms with Crippen molar-refractivity contribution in [3.8, 4) is 0 Å². The second-order valence-corrected chi connectivity index (χ2v) is 5.81. The fourth-order valence-corrected chi connectivity index (χ4v) is 2.69. The van der Waals surface area contributed by atoms with E-state index in [0.29, 0.717) is 6.42 Å². The van der Waals surface area contributed by atoms with Crippen LogP contribution in [-0.2, 0) is 4.79 Å². The van der Waals surface area contributed by atoms with E-state index in [0.717, 1.165) is 32.0 Å². The molecule has 1 fully saturated rings. The Hall–Kier alpha value is -0.650. The lowest BCUT2D eigenvalue weighted by molar-refractivity contribution is -0.139. The minimum Gasteiger partial charge on any atom is -0.480 e. The van der Waals surface area contributed by atoms with Crippen LogP contribution < -0.4 is 5.32 Å². The zero-order valence-corrected chi connectivity index (χ0v) is 12.6. The molecule has 0 spiro atoms. The highest BCUT2D eigenvalue weighted by Crippen LogP contribution is 2.15. The number of nitrogens with one attached hydrogen (secondary N) is 1. The van der Waals surface area contributed by atoms with Crippen molar-refractivity contribution < 1.29 is 9.90 Å². The summed E-state index contributed by atoms with van der Waals surface area (Å²) in [5.41, 5.74) is 0. The third-order valence-electron chi connectivity index (χ3n) is 3.80. The SMILES string of the molecule is CCCNC(CCN(C)CC1CCN(C)C1)C(=O)O. The van der Waals surface area contributed by atoms with Gasteiger partial charge in [-0.25, -0.2) is 0 Å². The van der Waals surface area contributed by atoms with Gasteiger partial charge in [-0.05, 0) is 58.9 Å². The number of aliphatic carboxylic acids is 1. The number of carboxylic acid groups (broad SMARTS) is 1. The third kappa shape index (κ3) is 6.36. The van der Waals surface area contributed by atoms with Crippen LogP contribution in [0.5, 0.6) is 0 Å². The van der Waals surface area contributed by atoms with Gasteiger partial charge in [0, 0.05) is 13.1 Å². The van der Waals surface area contributed by atoms with Crippen molar-refractivity contribution in [2.24, 2.45) is 5.92 Å². The number of likely N-dealkylation sites (tertiary alicyclic amines) is 1. The highest BCUT2D eigenvalue weighted by atomic mass is 16.4. The molecule has 112 valence electrons. The summed E-state index contributed by atoms with van der Waals surface area (Å²) in [6.07, 6.45) is 2.90. The number of hydrogen-bond donors (Lipinski definition) is 2. The first-order valence-corrected chi connectivity index (χ1v) is 7.36. The first-order chi connectivity index (χ1) is 9.02. The van der Waals surface area contributed by atoms with Gasteiger partial charge in [-0.2, -0.15) is 0 Å². The Kier molecular flexibility index (Phi) is 7.34. The van der Waals surface area contributed by atoms with Crippen molar-refractivity contribution in [2.75, 3.05) is 46.8 Å². The Morgan fingerprint density at radius 2 is 2.32 bits per heavy atom. The van der Waals surface area contributed by atoms with Crippen molar-refractivity contribution in [3.63, 3.8) is 0 Å². The molecule has 2 atom stereocenters. The monoisotopic (exact) mass is 271 g/mol. The number of rotatable bonds is 9. The van der Waals surface area contributed by atoms with Crippen LogP contribution in [0.4, 0.5) is 0 Å². The normalized spacial score (nSPS) is 22.0. The molecule has 1 aliphatic rings. The predicted molar refractivity (Wildman–Crippen MR) is 77.4 cm³/mol. The van der Waals surface area contributed by atoms with Crippen molar-refractivity contribution in [2.45, 2.75) is 32.2 Å². The second-order valence-electron chi connectivity index (χ2n) is 5.81. The zero-order chi connectivity index (χ0) is 14.3. The fraction of sp³-hybridized carbons (Fsp3) is 0.929. The number of carbonyl (C=O) groups is 1. The van der Waals surface area contributed by atoms with Crippen LogP contribution in [0.1, 0.15) is 26.2 Å². The Morgan fingerprint density at radius 1 is 1.58 bits per heavy atom. The summed E-state index contributed by atoms with van der Waals surface area (Å²) >= 11 is 0. The topological polar surface area (TPSA) is 55.8 Å². The van der Waals surface area contributed by atoms with Crippen LogP contribution in [0.15, 0.2) is 0 Å². The summed E-state index contributed by atoms with van der Waals surface area (Å²) in [5, 5.41) is 12.2. The highest BCUT2D eigenvalue weighted by Gasteiger charge is 2.22. The Bertz CT molecular complexity index is 273. The average Bonchev–Trinajstić information content (AvgIpc) is 2.74. The molecule has 1 heterocycles. The van der Waals surface area contributed by atoms with Gasteiger partial charge in [0.2, 0.25) is 0 Å². The number of carboxylic acids is 1. The molecular formula is C14H29N3O2. The van der Waals surface area contributed by atoms with Gasteiger partial charge >= 0.3 is 5.97 Å². The molecule has 0 aromatic heterocycles. The first kappa shape index (κ1) is 16.4. The van der Waals surface area contributed by atoms with E-state index >= 15 is 0 Å². The van der Waals surface area contributed by atoms with Crippen LogP contribution in [0.25, 0.3) is 0 Å². The Balaban J connectivity index is 2.23. The maximum Gasteiger partial charge on any atom is 0.320 e. The van der Waals surface area contributed by atoms with Crippen LogP contribution in [0, 0.1) is 5.92 Å². The maximum atomic E-state index is 11.1. The Labute approximate surface area is 117 Å². The molecule has 0 amide bonds. The van der Waals surface area contributed by atoms with Crippen LogP contribution >= 0.6 is 0 Å². The zero-order valence-electron chi connectivity index (χ0n) is 12.6. The molecule has 0 aliphatic carbocycles. The molecular weight excluding hydrogens is 242 g/mol. The van der Waals surface area contributed by atoms with E-state index in [1.165, 1.54) is 19.5 Å². The molecule has 0 radical (unpaired) electrons. The van der Waals surface area contributed by atoms with Crippen LogP contribution in [0.3, 0.4) is 0 Å². The van der Waals surface area contributed by atoms with Crippen molar-refractivity contribution >= 4 is 5.97 Å². The van der Waals surface area contributed by atoms with E-state index in [-0.39, 0.29) is 0 Å². The molecule has 0 aromatic rings. The maximum absolute atomic E-state index is 11.1. The fourth-order valence-electron chi connectivity index (χ4n) is 2.69. The Morgan fingerprint density at radius 3 is 2.84 bits per heavy atom. The van der Waals surface area contributed by atoms with Gasteiger partial charge in [0.05, 0.1) is 0 Å². The number of hydrogen-bond acceptors (Lipinski definition) is 4. The van der Waals surface area contributed by atoms with E-state index in [9.17, 15) is 4.79 Å². The molecule has 2 unspecified atom stereocenters. The lowest BCUT2D eigenvalue weighted by Crippen LogP contribution is -2.40. The van der Waals surface area contributed by atoms with Gasteiger partial charge < -0.3 is 20.2 Å². The summed E-state index contributed by atoms with van der Waals surface area (Å²) < 4.78 is 0. The summed E-state index contributed by atoms with van der Waals surface area (Å²) in [7, 11) is 4.26. The molecule has 0 bridgehead atoms. The minimum atomic E-state index is -0.734. The molecule has 1 rings (SSSR count). The van der Waals surface area contributed by atoms with Gasteiger partial charge in [0.15, 0.2) is 0 Å².